The molecule has 2 aromatic heterocycles. The van der Waals surface area contributed by atoms with Gasteiger partial charge in [-0.25, -0.2) is 0 Å². The number of benzene rings is 3. The van der Waals surface area contributed by atoms with Crippen LogP contribution in [0.5, 0.6) is 11.5 Å². The Balaban J connectivity index is 1.60. The smallest absolute Gasteiger partial charge is 0.173 e. The number of aromatic hydroxyl groups is 2. The Morgan fingerprint density at radius 2 is 1.33 bits per heavy atom. The third kappa shape index (κ3) is 6.54. The second kappa shape index (κ2) is 12.9. The summed E-state index contributed by atoms with van der Waals surface area (Å²) in [5.74, 6) is 0.777. The van der Waals surface area contributed by atoms with Crippen LogP contribution in [0.3, 0.4) is 0 Å². The Bertz CT molecular complexity index is 1620. The summed E-state index contributed by atoms with van der Waals surface area (Å²) in [6, 6.07) is 18.8. The maximum absolute atomic E-state index is 11.2. The number of tetrazole rings is 2. The van der Waals surface area contributed by atoms with Crippen LogP contribution in [0.15, 0.2) is 70.9 Å². The molecule has 0 fully saturated rings. The van der Waals surface area contributed by atoms with Gasteiger partial charge in [-0.05, 0) is 106 Å². The Morgan fingerprint density at radius 1 is 0.762 bits per heavy atom. The van der Waals surface area contributed by atoms with Crippen molar-refractivity contribution in [2.45, 2.75) is 52.4 Å². The number of aromatic nitrogens is 8. The van der Waals surface area contributed by atoms with Crippen LogP contribution in [0.4, 0.5) is 0 Å². The lowest BCUT2D eigenvalue weighted by Crippen LogP contribution is -2.07. The average molecular weight is 565 g/mol. The molecular formula is C30H32N10O2. The molecule has 0 aliphatic rings. The molecule has 214 valence electrons. The first-order valence-corrected chi connectivity index (χ1v) is 13.8. The maximum atomic E-state index is 11.2. The molecule has 0 bridgehead atoms. The van der Waals surface area contributed by atoms with Gasteiger partial charge in [0.2, 0.25) is 0 Å². The predicted octanol–water partition coefficient (Wildman–Crippen LogP) is 4.36. The molecular weight excluding hydrogens is 532 g/mol. The van der Waals surface area contributed by atoms with Gasteiger partial charge in [0.05, 0.1) is 12.4 Å². The van der Waals surface area contributed by atoms with E-state index in [2.05, 4.69) is 60.3 Å². The molecule has 0 unspecified atom stereocenters. The molecule has 5 rings (SSSR count). The average Bonchev–Trinajstić information content (AvgIpc) is 3.60. The number of aryl methyl sites for hydroxylation is 3. The van der Waals surface area contributed by atoms with E-state index in [1.165, 1.54) is 15.1 Å². The van der Waals surface area contributed by atoms with Crippen molar-refractivity contribution < 1.29 is 10.2 Å². The van der Waals surface area contributed by atoms with Gasteiger partial charge >= 0.3 is 0 Å². The molecule has 0 aliphatic heterocycles. The first-order chi connectivity index (χ1) is 20.4. The van der Waals surface area contributed by atoms with E-state index in [0.29, 0.717) is 22.8 Å². The predicted molar refractivity (Wildman–Crippen MR) is 158 cm³/mol. The molecule has 0 saturated carbocycles. The van der Waals surface area contributed by atoms with Crippen LogP contribution in [-0.2, 0) is 6.42 Å². The van der Waals surface area contributed by atoms with Crippen LogP contribution in [0.2, 0.25) is 0 Å². The summed E-state index contributed by atoms with van der Waals surface area (Å²) in [5.41, 5.74) is 4.81. The van der Waals surface area contributed by atoms with Crippen LogP contribution >= 0.6 is 0 Å². The third-order valence-corrected chi connectivity index (χ3v) is 6.92. The van der Waals surface area contributed by atoms with Gasteiger partial charge in [-0.2, -0.15) is 10.2 Å². The highest BCUT2D eigenvalue weighted by molar-refractivity contribution is 5.82. The summed E-state index contributed by atoms with van der Waals surface area (Å²) < 4.78 is 0. The number of hydrogen-bond acceptors (Lipinski definition) is 10. The standard InChI is InChI=1S/C30H32N10O2/c1-4-5-6-8-22-9-7-10-25(15-22)30(26-16-23(11-13-28(26)41)18-31-39-20(2)33-35-37-39)27-17-24(12-14-29(27)42)19-32-40-21(3)34-36-38-40/h7,9-19,30,41-42H,4-6,8H2,1-3H3/b31-18+,32-19+. The summed E-state index contributed by atoms with van der Waals surface area (Å²) in [5, 5.41) is 53.7. The number of phenolic OH excluding ortho intramolecular Hbond substituents is 2. The van der Waals surface area contributed by atoms with Gasteiger partial charge in [0.15, 0.2) is 11.6 Å². The normalized spacial score (nSPS) is 11.8. The fraction of sp³-hybridized carbons (Fsp3) is 0.267. The van der Waals surface area contributed by atoms with Crippen molar-refractivity contribution >= 4 is 12.4 Å². The number of phenols is 2. The SMILES string of the molecule is CCCCCc1cccc(C(c2cc(/C=N/n3nnnc3C)ccc2O)c2cc(/C=N/n3nnnc3C)ccc2O)c1. The fourth-order valence-electron chi connectivity index (χ4n) is 4.71. The van der Waals surface area contributed by atoms with Gasteiger partial charge < -0.3 is 10.2 Å². The van der Waals surface area contributed by atoms with Crippen LogP contribution in [0.1, 0.15) is 77.1 Å². The maximum Gasteiger partial charge on any atom is 0.173 e. The van der Waals surface area contributed by atoms with Gasteiger partial charge in [0.1, 0.15) is 11.5 Å². The second-order valence-electron chi connectivity index (χ2n) is 9.99. The van der Waals surface area contributed by atoms with Crippen molar-refractivity contribution in [1.29, 1.82) is 0 Å². The van der Waals surface area contributed by atoms with Crippen molar-refractivity contribution in [2.24, 2.45) is 10.2 Å². The topological polar surface area (TPSA) is 152 Å². The lowest BCUT2D eigenvalue weighted by atomic mass is 9.82. The molecule has 12 heteroatoms. The summed E-state index contributed by atoms with van der Waals surface area (Å²) >= 11 is 0. The van der Waals surface area contributed by atoms with Crippen molar-refractivity contribution in [3.63, 3.8) is 0 Å². The van der Waals surface area contributed by atoms with E-state index >= 15 is 0 Å². The minimum absolute atomic E-state index is 0.0925. The van der Waals surface area contributed by atoms with Crippen molar-refractivity contribution in [1.82, 2.24) is 40.6 Å². The van der Waals surface area contributed by atoms with E-state index in [0.717, 1.165) is 42.4 Å². The molecule has 12 nitrogen and oxygen atoms in total. The van der Waals surface area contributed by atoms with E-state index in [-0.39, 0.29) is 11.5 Å². The number of nitrogens with zero attached hydrogens (tertiary/aromatic N) is 10. The Kier molecular flexibility index (Phi) is 8.71. The number of unbranched alkanes of at least 4 members (excludes halogenated alkanes) is 2. The minimum atomic E-state index is -0.498. The first-order valence-electron chi connectivity index (χ1n) is 13.8. The van der Waals surface area contributed by atoms with Crippen LogP contribution < -0.4 is 0 Å². The lowest BCUT2D eigenvalue weighted by Gasteiger charge is -2.22. The van der Waals surface area contributed by atoms with Gasteiger partial charge in [-0.3, -0.25) is 0 Å². The molecule has 0 aliphatic carbocycles. The molecule has 42 heavy (non-hydrogen) atoms. The van der Waals surface area contributed by atoms with E-state index in [4.69, 9.17) is 0 Å². The zero-order valence-corrected chi connectivity index (χ0v) is 23.7. The summed E-state index contributed by atoms with van der Waals surface area (Å²) in [4.78, 5) is 2.65. The Labute approximate surface area is 243 Å². The zero-order valence-electron chi connectivity index (χ0n) is 23.7. The minimum Gasteiger partial charge on any atom is -0.508 e. The Morgan fingerprint density at radius 3 is 1.83 bits per heavy atom. The van der Waals surface area contributed by atoms with E-state index < -0.39 is 5.92 Å². The van der Waals surface area contributed by atoms with Gasteiger partial charge in [0, 0.05) is 17.0 Å². The third-order valence-electron chi connectivity index (χ3n) is 6.92. The molecule has 2 N–H and O–H groups in total. The molecule has 0 amide bonds. The highest BCUT2D eigenvalue weighted by atomic mass is 16.3. The summed E-state index contributed by atoms with van der Waals surface area (Å²) in [7, 11) is 0. The van der Waals surface area contributed by atoms with Gasteiger partial charge in [-0.1, -0.05) is 44.0 Å². The van der Waals surface area contributed by atoms with Crippen LogP contribution in [0.25, 0.3) is 0 Å². The lowest BCUT2D eigenvalue weighted by molar-refractivity contribution is 0.458. The molecule has 0 radical (unpaired) electrons. The number of hydrogen-bond donors (Lipinski definition) is 2. The van der Waals surface area contributed by atoms with Crippen molar-refractivity contribution in [3.8, 4) is 11.5 Å². The molecule has 5 aromatic rings. The highest BCUT2D eigenvalue weighted by Crippen LogP contribution is 2.41. The molecule has 2 heterocycles. The fourth-order valence-corrected chi connectivity index (χ4v) is 4.71. The monoisotopic (exact) mass is 564 g/mol. The van der Waals surface area contributed by atoms with E-state index in [1.54, 1.807) is 50.5 Å². The van der Waals surface area contributed by atoms with Gasteiger partial charge in [0.25, 0.3) is 0 Å². The van der Waals surface area contributed by atoms with Crippen LogP contribution in [-0.4, -0.2) is 63.3 Å². The Hall–Kier alpha value is -5.26. The summed E-state index contributed by atoms with van der Waals surface area (Å²) in [6.45, 7) is 5.69. The molecule has 0 saturated heterocycles. The first kappa shape index (κ1) is 28.3. The second-order valence-corrected chi connectivity index (χ2v) is 9.99. The quantitative estimate of drug-likeness (QED) is 0.136. The molecule has 0 atom stereocenters. The molecule has 0 spiro atoms. The zero-order chi connectivity index (χ0) is 29.5. The van der Waals surface area contributed by atoms with Crippen molar-refractivity contribution in [2.75, 3.05) is 0 Å². The molecule has 3 aromatic carbocycles. The largest absolute Gasteiger partial charge is 0.508 e. The number of rotatable bonds is 11. The van der Waals surface area contributed by atoms with Gasteiger partial charge in [-0.15, -0.1) is 19.8 Å². The van der Waals surface area contributed by atoms with Crippen LogP contribution in [0, 0.1) is 13.8 Å². The van der Waals surface area contributed by atoms with E-state index in [1.807, 2.05) is 24.3 Å². The summed E-state index contributed by atoms with van der Waals surface area (Å²) in [6.07, 6.45) is 7.58. The van der Waals surface area contributed by atoms with E-state index in [9.17, 15) is 10.2 Å². The highest BCUT2D eigenvalue weighted by Gasteiger charge is 2.24. The van der Waals surface area contributed by atoms with Crippen molar-refractivity contribution in [3.05, 3.63) is 106 Å².